The van der Waals surface area contributed by atoms with Crippen molar-refractivity contribution in [1.29, 1.82) is 5.26 Å². The van der Waals surface area contributed by atoms with Crippen molar-refractivity contribution in [3.05, 3.63) is 23.9 Å². The number of hydrogen-bond donors (Lipinski definition) is 0. The summed E-state index contributed by atoms with van der Waals surface area (Å²) in [6.45, 7) is 4.41. The Bertz CT molecular complexity index is 373. The number of aromatic nitrogens is 1. The molecule has 0 aliphatic carbocycles. The quantitative estimate of drug-likeness (QED) is 0.699. The average Bonchev–Trinajstić information content (AvgIpc) is 2.30. The van der Waals surface area contributed by atoms with Crippen LogP contribution in [0.5, 0.6) is 0 Å². The molecule has 0 atom stereocenters. The number of nitriles is 1. The van der Waals surface area contributed by atoms with Gasteiger partial charge in [-0.05, 0) is 30.9 Å². The van der Waals surface area contributed by atoms with Crippen molar-refractivity contribution >= 4 is 5.82 Å². The first-order valence-corrected chi connectivity index (χ1v) is 5.41. The molecule has 1 aliphatic heterocycles. The van der Waals surface area contributed by atoms with Crippen molar-refractivity contribution in [2.45, 2.75) is 19.8 Å². The van der Waals surface area contributed by atoms with Gasteiger partial charge in [-0.2, -0.15) is 5.26 Å². The van der Waals surface area contributed by atoms with Gasteiger partial charge < -0.3 is 4.90 Å². The summed E-state index contributed by atoms with van der Waals surface area (Å²) in [5.41, 5.74) is 0.506. The summed E-state index contributed by atoms with van der Waals surface area (Å²) in [7, 11) is 0. The van der Waals surface area contributed by atoms with Crippen molar-refractivity contribution in [2.75, 3.05) is 18.0 Å². The van der Waals surface area contributed by atoms with E-state index in [1.165, 1.54) is 12.8 Å². The molecule has 1 fully saturated rings. The second-order valence-corrected chi connectivity index (χ2v) is 4.16. The third-order valence-corrected chi connectivity index (χ3v) is 2.96. The number of rotatable bonds is 1. The molecule has 15 heavy (non-hydrogen) atoms. The van der Waals surface area contributed by atoms with E-state index in [-0.39, 0.29) is 0 Å². The maximum absolute atomic E-state index is 8.77. The summed E-state index contributed by atoms with van der Waals surface area (Å²) in [4.78, 5) is 6.57. The van der Waals surface area contributed by atoms with Crippen LogP contribution in [-0.2, 0) is 0 Å². The summed E-state index contributed by atoms with van der Waals surface area (Å²) in [5.74, 6) is 1.77. The minimum absolute atomic E-state index is 0.506. The zero-order valence-electron chi connectivity index (χ0n) is 8.98. The third-order valence-electron chi connectivity index (χ3n) is 2.96. The van der Waals surface area contributed by atoms with Crippen molar-refractivity contribution in [2.24, 2.45) is 5.92 Å². The fourth-order valence-corrected chi connectivity index (χ4v) is 1.90. The van der Waals surface area contributed by atoms with Gasteiger partial charge >= 0.3 is 0 Å². The summed E-state index contributed by atoms with van der Waals surface area (Å²) in [5, 5.41) is 8.77. The molecule has 0 amide bonds. The molecule has 3 nitrogen and oxygen atoms in total. The van der Waals surface area contributed by atoms with E-state index in [9.17, 15) is 0 Å². The molecule has 0 aromatic carbocycles. The Labute approximate surface area is 90.4 Å². The molecule has 0 unspecified atom stereocenters. The molecule has 0 bridgehead atoms. The second-order valence-electron chi connectivity index (χ2n) is 4.16. The van der Waals surface area contributed by atoms with Crippen molar-refractivity contribution in [3.63, 3.8) is 0 Å². The molecule has 78 valence electrons. The highest BCUT2D eigenvalue weighted by Crippen LogP contribution is 2.21. The Morgan fingerprint density at radius 2 is 2.13 bits per heavy atom. The topological polar surface area (TPSA) is 39.9 Å². The first kappa shape index (κ1) is 9.97. The minimum atomic E-state index is 0.506. The van der Waals surface area contributed by atoms with E-state index >= 15 is 0 Å². The lowest BCUT2D eigenvalue weighted by Gasteiger charge is -2.31. The molecule has 0 radical (unpaired) electrons. The third kappa shape index (κ3) is 2.27. The van der Waals surface area contributed by atoms with Gasteiger partial charge in [0.2, 0.25) is 0 Å². The van der Waals surface area contributed by atoms with Gasteiger partial charge in [0.05, 0.1) is 0 Å². The molecule has 1 aliphatic rings. The van der Waals surface area contributed by atoms with Crippen LogP contribution in [-0.4, -0.2) is 18.1 Å². The van der Waals surface area contributed by atoms with Gasteiger partial charge in [-0.25, -0.2) is 4.98 Å². The molecular weight excluding hydrogens is 186 g/mol. The maximum Gasteiger partial charge on any atom is 0.142 e. The Morgan fingerprint density at radius 3 is 2.80 bits per heavy atom. The van der Waals surface area contributed by atoms with E-state index in [1.54, 1.807) is 6.07 Å². The Kier molecular flexibility index (Phi) is 2.86. The molecule has 3 heteroatoms. The number of nitrogens with zero attached hydrogens (tertiary/aromatic N) is 3. The number of anilines is 1. The van der Waals surface area contributed by atoms with Gasteiger partial charge in [-0.3, -0.25) is 0 Å². The van der Waals surface area contributed by atoms with Crippen molar-refractivity contribution in [3.8, 4) is 6.07 Å². The van der Waals surface area contributed by atoms with Crippen molar-refractivity contribution in [1.82, 2.24) is 4.98 Å². The number of hydrogen-bond acceptors (Lipinski definition) is 3. The lowest BCUT2D eigenvalue weighted by atomic mass is 9.99. The smallest absolute Gasteiger partial charge is 0.142 e. The van der Waals surface area contributed by atoms with Crippen LogP contribution in [0.4, 0.5) is 5.82 Å². The predicted molar refractivity (Wildman–Crippen MR) is 59.6 cm³/mol. The first-order valence-electron chi connectivity index (χ1n) is 5.41. The van der Waals surface area contributed by atoms with Crippen LogP contribution in [0.25, 0.3) is 0 Å². The highest BCUT2D eigenvalue weighted by molar-refractivity contribution is 5.41. The molecule has 0 saturated carbocycles. The Hall–Kier alpha value is -1.56. The average molecular weight is 201 g/mol. The molecule has 2 heterocycles. The first-order chi connectivity index (χ1) is 7.29. The Morgan fingerprint density at radius 1 is 1.40 bits per heavy atom. The van der Waals surface area contributed by atoms with Gasteiger partial charge in [-0.1, -0.05) is 13.0 Å². The van der Waals surface area contributed by atoms with E-state index in [0.717, 1.165) is 24.8 Å². The van der Waals surface area contributed by atoms with Gasteiger partial charge in [0.1, 0.15) is 17.6 Å². The zero-order valence-corrected chi connectivity index (χ0v) is 8.98. The largest absolute Gasteiger partial charge is 0.357 e. The van der Waals surface area contributed by atoms with E-state index in [2.05, 4.69) is 22.9 Å². The lowest BCUT2D eigenvalue weighted by molar-refractivity contribution is 0.436. The molecule has 0 spiro atoms. The molecule has 2 rings (SSSR count). The fraction of sp³-hybridized carbons (Fsp3) is 0.500. The molecule has 0 N–H and O–H groups in total. The lowest BCUT2D eigenvalue weighted by Crippen LogP contribution is -2.33. The van der Waals surface area contributed by atoms with Crippen LogP contribution in [0.1, 0.15) is 25.5 Å². The van der Waals surface area contributed by atoms with E-state index in [4.69, 9.17) is 5.26 Å². The highest BCUT2D eigenvalue weighted by Gasteiger charge is 2.16. The summed E-state index contributed by atoms with van der Waals surface area (Å²) < 4.78 is 0. The van der Waals surface area contributed by atoms with Crippen LogP contribution in [0.2, 0.25) is 0 Å². The molecular formula is C12H15N3. The normalized spacial score (nSPS) is 17.5. The summed E-state index contributed by atoms with van der Waals surface area (Å²) in [6.07, 6.45) is 2.44. The fourth-order valence-electron chi connectivity index (χ4n) is 1.90. The SMILES string of the molecule is CC1CCN(c2cccc(C#N)n2)CC1. The molecule has 1 aromatic heterocycles. The van der Waals surface area contributed by atoms with E-state index in [1.807, 2.05) is 12.1 Å². The monoisotopic (exact) mass is 201 g/mol. The predicted octanol–water partition coefficient (Wildman–Crippen LogP) is 2.19. The Balaban J connectivity index is 2.12. The van der Waals surface area contributed by atoms with Gasteiger partial charge in [0, 0.05) is 13.1 Å². The maximum atomic E-state index is 8.77. The molecule has 1 aromatic rings. The van der Waals surface area contributed by atoms with Crippen LogP contribution in [0, 0.1) is 17.2 Å². The zero-order chi connectivity index (χ0) is 10.7. The van der Waals surface area contributed by atoms with Crippen LogP contribution < -0.4 is 4.90 Å². The van der Waals surface area contributed by atoms with Crippen LogP contribution in [0.15, 0.2) is 18.2 Å². The molecule has 1 saturated heterocycles. The summed E-state index contributed by atoms with van der Waals surface area (Å²) >= 11 is 0. The van der Waals surface area contributed by atoms with Gasteiger partial charge in [0.25, 0.3) is 0 Å². The second kappa shape index (κ2) is 4.31. The number of pyridine rings is 1. The highest BCUT2D eigenvalue weighted by atomic mass is 15.2. The number of piperidine rings is 1. The van der Waals surface area contributed by atoms with Crippen LogP contribution >= 0.6 is 0 Å². The minimum Gasteiger partial charge on any atom is -0.357 e. The standard InChI is InChI=1S/C12H15N3/c1-10-5-7-15(8-6-10)12-4-2-3-11(9-13)14-12/h2-4,10H,5-8H2,1H3. The summed E-state index contributed by atoms with van der Waals surface area (Å²) in [6, 6.07) is 7.71. The van der Waals surface area contributed by atoms with Crippen LogP contribution in [0.3, 0.4) is 0 Å². The van der Waals surface area contributed by atoms with Gasteiger partial charge in [0.15, 0.2) is 0 Å². The van der Waals surface area contributed by atoms with E-state index in [0.29, 0.717) is 5.69 Å². The van der Waals surface area contributed by atoms with Crippen molar-refractivity contribution < 1.29 is 0 Å². The van der Waals surface area contributed by atoms with E-state index < -0.39 is 0 Å². The van der Waals surface area contributed by atoms with Gasteiger partial charge in [-0.15, -0.1) is 0 Å².